The lowest BCUT2D eigenvalue weighted by molar-refractivity contribution is 0.123. The standard InChI is InChI=1S/C19H19F2N7O/c1-11-22-8-7-16(24-11)25-18-14(29-2)9-23-19(26-18)17-12-5-3-4-6-13(12)28(27-17)10-15(20)21/h3-9,15,19,26H,10H2,1-2H3,(H,22,24,25). The van der Waals surface area contributed by atoms with Gasteiger partial charge in [-0.05, 0) is 19.1 Å². The van der Waals surface area contributed by atoms with Crippen LogP contribution in [0.1, 0.15) is 17.7 Å². The average molecular weight is 399 g/mol. The van der Waals surface area contributed by atoms with Crippen LogP contribution in [0.5, 0.6) is 0 Å². The van der Waals surface area contributed by atoms with Crippen molar-refractivity contribution in [2.45, 2.75) is 26.1 Å². The van der Waals surface area contributed by atoms with Gasteiger partial charge in [-0.3, -0.25) is 9.67 Å². The predicted molar refractivity (Wildman–Crippen MR) is 105 cm³/mol. The van der Waals surface area contributed by atoms with Crippen LogP contribution in [-0.4, -0.2) is 39.5 Å². The number of aliphatic imine (C=N–C) groups is 1. The van der Waals surface area contributed by atoms with Gasteiger partial charge in [-0.15, -0.1) is 0 Å². The zero-order chi connectivity index (χ0) is 20.4. The molecule has 2 N–H and O–H groups in total. The van der Waals surface area contributed by atoms with Crippen molar-refractivity contribution >= 4 is 22.9 Å². The highest BCUT2D eigenvalue weighted by molar-refractivity contribution is 5.84. The van der Waals surface area contributed by atoms with Crippen molar-refractivity contribution in [3.8, 4) is 0 Å². The van der Waals surface area contributed by atoms with Crippen LogP contribution in [0.3, 0.4) is 0 Å². The Kier molecular flexibility index (Phi) is 5.07. The Bertz CT molecular complexity index is 1090. The molecule has 1 aliphatic rings. The number of nitrogens with one attached hydrogen (secondary N) is 2. The lowest BCUT2D eigenvalue weighted by atomic mass is 10.1. The number of aryl methyl sites for hydroxylation is 1. The number of anilines is 1. The quantitative estimate of drug-likeness (QED) is 0.662. The number of ether oxygens (including phenoxy) is 1. The van der Waals surface area contributed by atoms with Crippen LogP contribution in [-0.2, 0) is 11.3 Å². The number of hydrogen-bond donors (Lipinski definition) is 2. The topological polar surface area (TPSA) is 89.3 Å². The number of benzene rings is 1. The van der Waals surface area contributed by atoms with Crippen molar-refractivity contribution < 1.29 is 13.5 Å². The molecule has 0 aliphatic carbocycles. The van der Waals surface area contributed by atoms with Gasteiger partial charge < -0.3 is 15.4 Å². The molecule has 3 aromatic rings. The molecular formula is C19H19F2N7O. The van der Waals surface area contributed by atoms with Crippen LogP contribution in [0.4, 0.5) is 14.6 Å². The molecule has 1 atom stereocenters. The molecule has 1 aliphatic heterocycles. The monoisotopic (exact) mass is 399 g/mol. The number of alkyl halides is 2. The molecule has 0 spiro atoms. The summed E-state index contributed by atoms with van der Waals surface area (Å²) >= 11 is 0. The number of hydrogen-bond acceptors (Lipinski definition) is 7. The van der Waals surface area contributed by atoms with E-state index in [0.717, 1.165) is 5.39 Å². The number of allylic oxidation sites excluding steroid dienone is 1. The molecule has 0 bridgehead atoms. The Balaban J connectivity index is 1.67. The number of para-hydroxylation sites is 1. The van der Waals surface area contributed by atoms with E-state index < -0.39 is 19.1 Å². The van der Waals surface area contributed by atoms with Gasteiger partial charge in [0.05, 0.1) is 18.8 Å². The van der Waals surface area contributed by atoms with Crippen molar-refractivity contribution in [2.75, 3.05) is 12.4 Å². The van der Waals surface area contributed by atoms with Gasteiger partial charge in [0.1, 0.15) is 23.9 Å². The van der Waals surface area contributed by atoms with Gasteiger partial charge in [-0.2, -0.15) is 5.10 Å². The van der Waals surface area contributed by atoms with Gasteiger partial charge >= 0.3 is 0 Å². The first kappa shape index (κ1) is 18.8. The number of methoxy groups -OCH3 is 1. The normalized spacial score (nSPS) is 16.4. The number of aromatic nitrogens is 4. The molecule has 0 radical (unpaired) electrons. The lowest BCUT2D eigenvalue weighted by Gasteiger charge is -2.23. The molecule has 0 fully saturated rings. The van der Waals surface area contributed by atoms with Gasteiger partial charge in [0.15, 0.2) is 17.7 Å². The molecule has 0 saturated carbocycles. The molecule has 1 aromatic carbocycles. The number of halogens is 2. The smallest absolute Gasteiger partial charge is 0.257 e. The first-order valence-corrected chi connectivity index (χ1v) is 8.93. The Morgan fingerprint density at radius 1 is 1.28 bits per heavy atom. The molecule has 4 rings (SSSR count). The van der Waals surface area contributed by atoms with Crippen molar-refractivity contribution in [3.05, 3.63) is 59.6 Å². The van der Waals surface area contributed by atoms with E-state index in [4.69, 9.17) is 4.74 Å². The Morgan fingerprint density at radius 3 is 2.86 bits per heavy atom. The zero-order valence-corrected chi connectivity index (χ0v) is 15.8. The summed E-state index contributed by atoms with van der Waals surface area (Å²) in [5.74, 6) is 2.22. The van der Waals surface area contributed by atoms with Crippen LogP contribution in [0, 0.1) is 6.92 Å². The second-order valence-electron chi connectivity index (χ2n) is 6.36. The predicted octanol–water partition coefficient (Wildman–Crippen LogP) is 3.00. The number of nitrogens with zero attached hydrogens (tertiary/aromatic N) is 5. The molecule has 150 valence electrons. The summed E-state index contributed by atoms with van der Waals surface area (Å²) < 4.78 is 32.6. The summed E-state index contributed by atoms with van der Waals surface area (Å²) in [5, 5.41) is 11.5. The van der Waals surface area contributed by atoms with Gasteiger partial charge in [0.2, 0.25) is 0 Å². The summed E-state index contributed by atoms with van der Waals surface area (Å²) in [7, 11) is 1.53. The lowest BCUT2D eigenvalue weighted by Crippen LogP contribution is -2.30. The maximum absolute atomic E-state index is 13.0. The molecule has 0 amide bonds. The van der Waals surface area contributed by atoms with Crippen molar-refractivity contribution in [3.63, 3.8) is 0 Å². The van der Waals surface area contributed by atoms with E-state index in [-0.39, 0.29) is 0 Å². The van der Waals surface area contributed by atoms with E-state index in [1.165, 1.54) is 11.8 Å². The second-order valence-corrected chi connectivity index (χ2v) is 6.36. The third-order valence-electron chi connectivity index (χ3n) is 4.37. The van der Waals surface area contributed by atoms with Crippen LogP contribution < -0.4 is 10.6 Å². The van der Waals surface area contributed by atoms with E-state index in [0.29, 0.717) is 34.4 Å². The van der Waals surface area contributed by atoms with Crippen LogP contribution in [0.25, 0.3) is 10.9 Å². The molecule has 10 heteroatoms. The SMILES string of the molecule is COC1=C(Nc2ccnc(C)n2)NC(c2nn(CC(F)F)c3ccccc23)N=C1. The third-order valence-corrected chi connectivity index (χ3v) is 4.37. The van der Waals surface area contributed by atoms with Crippen molar-refractivity contribution in [1.29, 1.82) is 0 Å². The van der Waals surface area contributed by atoms with E-state index in [1.807, 2.05) is 12.1 Å². The summed E-state index contributed by atoms with van der Waals surface area (Å²) in [5.41, 5.74) is 1.17. The first-order valence-electron chi connectivity index (χ1n) is 8.93. The van der Waals surface area contributed by atoms with Gasteiger partial charge in [0.25, 0.3) is 6.43 Å². The van der Waals surface area contributed by atoms with Crippen molar-refractivity contribution in [2.24, 2.45) is 4.99 Å². The second kappa shape index (κ2) is 7.82. The minimum atomic E-state index is -2.51. The van der Waals surface area contributed by atoms with E-state index in [9.17, 15) is 8.78 Å². The molecule has 1 unspecified atom stereocenters. The molecular weight excluding hydrogens is 380 g/mol. The highest BCUT2D eigenvalue weighted by Crippen LogP contribution is 2.28. The maximum Gasteiger partial charge on any atom is 0.257 e. The van der Waals surface area contributed by atoms with E-state index in [2.05, 4.69) is 30.7 Å². The Morgan fingerprint density at radius 2 is 2.10 bits per heavy atom. The molecule has 3 heterocycles. The summed E-state index contributed by atoms with van der Waals surface area (Å²) in [6.45, 7) is 1.30. The van der Waals surface area contributed by atoms with E-state index >= 15 is 0 Å². The highest BCUT2D eigenvalue weighted by atomic mass is 19.3. The largest absolute Gasteiger partial charge is 0.491 e. The van der Waals surface area contributed by atoms with Gasteiger partial charge in [-0.25, -0.2) is 18.7 Å². The highest BCUT2D eigenvalue weighted by Gasteiger charge is 2.25. The van der Waals surface area contributed by atoms with E-state index in [1.54, 1.807) is 37.5 Å². The molecule has 0 saturated heterocycles. The fraction of sp³-hybridized carbons (Fsp3) is 0.263. The van der Waals surface area contributed by atoms with Crippen LogP contribution >= 0.6 is 0 Å². The molecule has 8 nitrogen and oxygen atoms in total. The summed E-state index contributed by atoms with van der Waals surface area (Å²) in [6, 6.07) is 8.96. The van der Waals surface area contributed by atoms with Crippen molar-refractivity contribution in [1.82, 2.24) is 25.1 Å². The average Bonchev–Trinajstić information content (AvgIpc) is 3.06. The zero-order valence-electron chi connectivity index (χ0n) is 15.8. The fourth-order valence-corrected chi connectivity index (χ4v) is 3.12. The minimum absolute atomic E-state index is 0.480. The Hall–Kier alpha value is -3.56. The van der Waals surface area contributed by atoms with Crippen LogP contribution in [0.15, 0.2) is 53.1 Å². The number of rotatable bonds is 6. The molecule has 2 aromatic heterocycles. The van der Waals surface area contributed by atoms with Gasteiger partial charge in [0, 0.05) is 11.6 Å². The van der Waals surface area contributed by atoms with Gasteiger partial charge in [-0.1, -0.05) is 18.2 Å². The Labute approximate surface area is 165 Å². The van der Waals surface area contributed by atoms with Crippen LogP contribution in [0.2, 0.25) is 0 Å². The summed E-state index contributed by atoms with van der Waals surface area (Å²) in [6.07, 6.45) is 0.125. The first-order chi connectivity index (χ1) is 14.0. The summed E-state index contributed by atoms with van der Waals surface area (Å²) in [4.78, 5) is 12.8. The number of fused-ring (bicyclic) bond motifs is 1. The molecule has 29 heavy (non-hydrogen) atoms. The minimum Gasteiger partial charge on any atom is -0.491 e. The fourth-order valence-electron chi connectivity index (χ4n) is 3.12. The third kappa shape index (κ3) is 3.86. The maximum atomic E-state index is 13.0.